The lowest BCUT2D eigenvalue weighted by Crippen LogP contribution is -2.45. The number of hydrogen-bond acceptors (Lipinski definition) is 5. The molecule has 0 unspecified atom stereocenters. The molecule has 0 bridgehead atoms. The Bertz CT molecular complexity index is 889. The highest BCUT2D eigenvalue weighted by Crippen LogP contribution is 2.25. The molecule has 1 aromatic heterocycles. The minimum Gasteiger partial charge on any atom is -0.355 e. The third kappa shape index (κ3) is 4.31. The summed E-state index contributed by atoms with van der Waals surface area (Å²) >= 11 is 0. The van der Waals surface area contributed by atoms with Gasteiger partial charge in [-0.1, -0.05) is 60.7 Å². The lowest BCUT2D eigenvalue weighted by atomic mass is 10.1. The summed E-state index contributed by atoms with van der Waals surface area (Å²) in [7, 11) is 4.26. The summed E-state index contributed by atoms with van der Waals surface area (Å²) in [5, 5.41) is 0. The fourth-order valence-corrected chi connectivity index (χ4v) is 3.46. The molecule has 1 saturated heterocycles. The van der Waals surface area contributed by atoms with Gasteiger partial charge in [0.05, 0.1) is 5.69 Å². The van der Waals surface area contributed by atoms with Gasteiger partial charge in [-0.25, -0.2) is 4.98 Å². The lowest BCUT2D eigenvalue weighted by Gasteiger charge is -2.33. The first-order valence-electron chi connectivity index (χ1n) is 9.82. The van der Waals surface area contributed by atoms with Crippen LogP contribution < -0.4 is 9.80 Å². The van der Waals surface area contributed by atoms with E-state index in [9.17, 15) is 0 Å². The molecule has 2 heterocycles. The van der Waals surface area contributed by atoms with Crippen molar-refractivity contribution in [1.82, 2.24) is 14.9 Å². The summed E-state index contributed by atoms with van der Waals surface area (Å²) in [6.07, 6.45) is 0. The molecule has 1 aliphatic rings. The molecule has 144 valence electrons. The lowest BCUT2D eigenvalue weighted by molar-refractivity contribution is 0.311. The molecule has 3 aromatic rings. The second-order valence-electron chi connectivity index (χ2n) is 7.41. The summed E-state index contributed by atoms with van der Waals surface area (Å²) in [6.45, 7) is 4.80. The van der Waals surface area contributed by atoms with Gasteiger partial charge in [-0.05, 0) is 12.6 Å². The van der Waals surface area contributed by atoms with E-state index in [-0.39, 0.29) is 0 Å². The molecule has 1 fully saturated rings. The predicted molar refractivity (Wildman–Crippen MR) is 116 cm³/mol. The third-order valence-electron chi connectivity index (χ3n) is 5.21. The van der Waals surface area contributed by atoms with Crippen LogP contribution in [-0.2, 0) is 6.54 Å². The van der Waals surface area contributed by atoms with Crippen LogP contribution in [0.1, 0.15) is 5.56 Å². The highest BCUT2D eigenvalue weighted by Gasteiger charge is 2.19. The van der Waals surface area contributed by atoms with Crippen molar-refractivity contribution in [2.24, 2.45) is 0 Å². The highest BCUT2D eigenvalue weighted by atomic mass is 15.3. The summed E-state index contributed by atoms with van der Waals surface area (Å²) < 4.78 is 0. The van der Waals surface area contributed by atoms with Crippen molar-refractivity contribution in [3.05, 3.63) is 72.3 Å². The van der Waals surface area contributed by atoms with E-state index in [2.05, 4.69) is 83.4 Å². The molecule has 5 heteroatoms. The molecule has 0 aliphatic carbocycles. The van der Waals surface area contributed by atoms with Gasteiger partial charge in [-0.15, -0.1) is 0 Å². The smallest absolute Gasteiger partial charge is 0.227 e. The first-order chi connectivity index (χ1) is 13.7. The Kier molecular flexibility index (Phi) is 5.53. The van der Waals surface area contributed by atoms with E-state index >= 15 is 0 Å². The average molecular weight is 374 g/mol. The normalized spacial score (nSPS) is 14.9. The molecule has 2 aromatic carbocycles. The SMILES string of the molecule is CN1CCN(c2nc(-c3ccccc3)cc(N(C)Cc3ccccc3)n2)CC1. The zero-order valence-electron chi connectivity index (χ0n) is 16.6. The van der Waals surface area contributed by atoms with Crippen LogP contribution in [0.5, 0.6) is 0 Å². The van der Waals surface area contributed by atoms with Crippen LogP contribution in [0.4, 0.5) is 11.8 Å². The number of hydrogen-bond donors (Lipinski definition) is 0. The van der Waals surface area contributed by atoms with Crippen molar-refractivity contribution in [1.29, 1.82) is 0 Å². The Morgan fingerprint density at radius 1 is 0.857 bits per heavy atom. The van der Waals surface area contributed by atoms with Crippen LogP contribution in [0, 0.1) is 0 Å². The molecular weight excluding hydrogens is 346 g/mol. The third-order valence-corrected chi connectivity index (χ3v) is 5.21. The Balaban J connectivity index is 1.67. The number of likely N-dealkylation sites (N-methyl/N-ethyl adjacent to an activating group) is 1. The monoisotopic (exact) mass is 373 g/mol. The molecule has 4 rings (SSSR count). The summed E-state index contributed by atoms with van der Waals surface area (Å²) in [4.78, 5) is 16.7. The van der Waals surface area contributed by atoms with Crippen LogP contribution in [0.15, 0.2) is 66.7 Å². The molecule has 28 heavy (non-hydrogen) atoms. The van der Waals surface area contributed by atoms with Crippen LogP contribution in [0.25, 0.3) is 11.3 Å². The van der Waals surface area contributed by atoms with E-state index in [1.54, 1.807) is 0 Å². The van der Waals surface area contributed by atoms with Crippen LogP contribution in [0.3, 0.4) is 0 Å². The topological polar surface area (TPSA) is 35.5 Å². The van der Waals surface area contributed by atoms with Crippen molar-refractivity contribution >= 4 is 11.8 Å². The molecule has 0 radical (unpaired) electrons. The number of rotatable bonds is 5. The Labute approximate surface area is 167 Å². The first kappa shape index (κ1) is 18.4. The van der Waals surface area contributed by atoms with E-state index in [1.165, 1.54) is 5.56 Å². The Morgan fingerprint density at radius 2 is 1.50 bits per heavy atom. The Hall–Kier alpha value is -2.92. The van der Waals surface area contributed by atoms with Crippen molar-refractivity contribution < 1.29 is 0 Å². The van der Waals surface area contributed by atoms with Crippen molar-refractivity contribution in [2.75, 3.05) is 50.1 Å². The second kappa shape index (κ2) is 8.40. The first-order valence-corrected chi connectivity index (χ1v) is 9.82. The fourth-order valence-electron chi connectivity index (χ4n) is 3.46. The van der Waals surface area contributed by atoms with Crippen molar-refractivity contribution in [3.63, 3.8) is 0 Å². The molecule has 0 amide bonds. The van der Waals surface area contributed by atoms with Crippen molar-refractivity contribution in [2.45, 2.75) is 6.54 Å². The van der Waals surface area contributed by atoms with Crippen LogP contribution in [-0.4, -0.2) is 55.1 Å². The summed E-state index contributed by atoms with van der Waals surface area (Å²) in [5.41, 5.74) is 3.36. The quantitative estimate of drug-likeness (QED) is 0.684. The number of aromatic nitrogens is 2. The van der Waals surface area contributed by atoms with E-state index in [4.69, 9.17) is 9.97 Å². The molecule has 0 spiro atoms. The minimum absolute atomic E-state index is 0.814. The number of piperazine rings is 1. The van der Waals surface area contributed by atoms with Gasteiger partial charge in [0.1, 0.15) is 5.82 Å². The molecule has 1 aliphatic heterocycles. The molecule has 0 N–H and O–H groups in total. The van der Waals surface area contributed by atoms with Gasteiger partial charge in [0.25, 0.3) is 0 Å². The van der Waals surface area contributed by atoms with Gasteiger partial charge >= 0.3 is 0 Å². The molecule has 0 saturated carbocycles. The number of anilines is 2. The number of nitrogens with zero attached hydrogens (tertiary/aromatic N) is 5. The van der Waals surface area contributed by atoms with Gasteiger partial charge in [0, 0.05) is 51.4 Å². The van der Waals surface area contributed by atoms with Gasteiger partial charge < -0.3 is 14.7 Å². The Morgan fingerprint density at radius 3 is 2.18 bits per heavy atom. The van der Waals surface area contributed by atoms with Crippen LogP contribution >= 0.6 is 0 Å². The highest BCUT2D eigenvalue weighted by molar-refractivity contribution is 5.65. The minimum atomic E-state index is 0.814. The van der Waals surface area contributed by atoms with Gasteiger partial charge in [0.2, 0.25) is 5.95 Å². The van der Waals surface area contributed by atoms with E-state index in [1.807, 2.05) is 12.1 Å². The molecule has 5 nitrogen and oxygen atoms in total. The fraction of sp³-hybridized carbons (Fsp3) is 0.304. The average Bonchev–Trinajstić information content (AvgIpc) is 2.75. The molecule has 0 atom stereocenters. The van der Waals surface area contributed by atoms with E-state index in [0.29, 0.717) is 0 Å². The van der Waals surface area contributed by atoms with Crippen molar-refractivity contribution in [3.8, 4) is 11.3 Å². The maximum atomic E-state index is 4.93. The molecular formula is C23H27N5. The largest absolute Gasteiger partial charge is 0.355 e. The van der Waals surface area contributed by atoms with Gasteiger partial charge in [-0.2, -0.15) is 4.98 Å². The summed E-state index contributed by atoms with van der Waals surface area (Å²) in [6, 6.07) is 23.0. The zero-order chi connectivity index (χ0) is 19.3. The summed E-state index contributed by atoms with van der Waals surface area (Å²) in [5.74, 6) is 1.77. The zero-order valence-corrected chi connectivity index (χ0v) is 16.6. The van der Waals surface area contributed by atoms with Gasteiger partial charge in [-0.3, -0.25) is 0 Å². The maximum absolute atomic E-state index is 4.93. The second-order valence-corrected chi connectivity index (χ2v) is 7.41. The predicted octanol–water partition coefficient (Wildman–Crippen LogP) is 3.53. The van der Waals surface area contributed by atoms with Crippen LogP contribution in [0.2, 0.25) is 0 Å². The van der Waals surface area contributed by atoms with Gasteiger partial charge in [0.15, 0.2) is 0 Å². The van der Waals surface area contributed by atoms with E-state index in [0.717, 1.165) is 55.7 Å². The number of benzene rings is 2. The van der Waals surface area contributed by atoms with E-state index < -0.39 is 0 Å². The standard InChI is InChI=1S/C23H27N5/c1-26-13-15-28(16-14-26)23-24-21(20-11-7-4-8-12-20)17-22(25-23)27(2)18-19-9-5-3-6-10-19/h3-12,17H,13-16,18H2,1-2H3. The maximum Gasteiger partial charge on any atom is 0.227 e.